The second-order valence-electron chi connectivity index (χ2n) is 6.27. The van der Waals surface area contributed by atoms with Crippen molar-refractivity contribution < 1.29 is 5.11 Å². The topological polar surface area (TPSA) is 35.5 Å². The molecule has 1 aliphatic rings. The summed E-state index contributed by atoms with van der Waals surface area (Å²) in [6.07, 6.45) is 5.80. The predicted octanol–water partition coefficient (Wildman–Crippen LogP) is 2.39. The monoisotopic (exact) mass is 256 g/mol. The molecule has 18 heavy (non-hydrogen) atoms. The van der Waals surface area contributed by atoms with Gasteiger partial charge in [0.05, 0.1) is 6.61 Å². The zero-order chi connectivity index (χ0) is 13.8. The molecule has 1 rings (SSSR count). The summed E-state index contributed by atoms with van der Waals surface area (Å²) in [5, 5.41) is 13.3. The van der Waals surface area contributed by atoms with Crippen molar-refractivity contribution in [2.45, 2.75) is 83.5 Å². The number of hydrogen-bond donors (Lipinski definition) is 2. The molecule has 108 valence electrons. The zero-order valence-electron chi connectivity index (χ0n) is 12.9. The molecule has 2 atom stereocenters. The standard InChI is InChI=1S/C15H32N2O/c1-6-13(7-2)17(5)14-8-9-15(10-14,11-18)16-12(3)4/h12-14,16,18H,6-11H2,1-5H3. The van der Waals surface area contributed by atoms with Gasteiger partial charge >= 0.3 is 0 Å². The van der Waals surface area contributed by atoms with E-state index in [1.54, 1.807) is 0 Å². The molecular formula is C15H32N2O. The molecule has 0 spiro atoms. The van der Waals surface area contributed by atoms with Gasteiger partial charge in [-0.05, 0) is 39.2 Å². The van der Waals surface area contributed by atoms with Crippen LogP contribution < -0.4 is 5.32 Å². The van der Waals surface area contributed by atoms with E-state index in [1.165, 1.54) is 19.3 Å². The molecule has 0 saturated heterocycles. The van der Waals surface area contributed by atoms with Gasteiger partial charge in [0, 0.05) is 23.7 Å². The van der Waals surface area contributed by atoms with Crippen LogP contribution in [0.15, 0.2) is 0 Å². The second kappa shape index (κ2) is 6.88. The van der Waals surface area contributed by atoms with Crippen molar-refractivity contribution in [1.82, 2.24) is 10.2 Å². The van der Waals surface area contributed by atoms with Gasteiger partial charge in [-0.15, -0.1) is 0 Å². The van der Waals surface area contributed by atoms with E-state index in [0.717, 1.165) is 12.8 Å². The lowest BCUT2D eigenvalue weighted by molar-refractivity contribution is 0.125. The Morgan fingerprint density at radius 2 is 1.94 bits per heavy atom. The molecule has 1 aliphatic carbocycles. The maximum absolute atomic E-state index is 9.74. The maximum atomic E-state index is 9.74. The Hall–Kier alpha value is -0.120. The summed E-state index contributed by atoms with van der Waals surface area (Å²) in [6.45, 7) is 9.12. The average molecular weight is 256 g/mol. The van der Waals surface area contributed by atoms with Crippen LogP contribution in [0.1, 0.15) is 59.8 Å². The van der Waals surface area contributed by atoms with Crippen molar-refractivity contribution in [3.05, 3.63) is 0 Å². The molecule has 3 nitrogen and oxygen atoms in total. The van der Waals surface area contributed by atoms with Crippen molar-refractivity contribution in [3.8, 4) is 0 Å². The highest BCUT2D eigenvalue weighted by molar-refractivity contribution is 5.00. The summed E-state index contributed by atoms with van der Waals surface area (Å²) in [5.74, 6) is 0. The van der Waals surface area contributed by atoms with Crippen LogP contribution in [-0.4, -0.2) is 47.3 Å². The number of nitrogens with one attached hydrogen (secondary N) is 1. The van der Waals surface area contributed by atoms with Gasteiger partial charge < -0.3 is 15.3 Å². The van der Waals surface area contributed by atoms with Gasteiger partial charge in [-0.3, -0.25) is 0 Å². The van der Waals surface area contributed by atoms with E-state index >= 15 is 0 Å². The molecule has 0 aromatic carbocycles. The van der Waals surface area contributed by atoms with Crippen LogP contribution in [0.5, 0.6) is 0 Å². The molecule has 0 aromatic heterocycles. The Bertz CT molecular complexity index is 241. The number of aliphatic hydroxyl groups excluding tert-OH is 1. The van der Waals surface area contributed by atoms with Crippen LogP contribution in [0, 0.1) is 0 Å². The van der Waals surface area contributed by atoms with Crippen LogP contribution in [0.2, 0.25) is 0 Å². The number of hydrogen-bond acceptors (Lipinski definition) is 3. The molecule has 0 aliphatic heterocycles. The molecular weight excluding hydrogens is 224 g/mol. The van der Waals surface area contributed by atoms with Crippen LogP contribution in [0.3, 0.4) is 0 Å². The third-order valence-corrected chi connectivity index (χ3v) is 4.57. The highest BCUT2D eigenvalue weighted by atomic mass is 16.3. The fraction of sp³-hybridized carbons (Fsp3) is 1.00. The van der Waals surface area contributed by atoms with Crippen LogP contribution >= 0.6 is 0 Å². The van der Waals surface area contributed by atoms with Gasteiger partial charge in [0.2, 0.25) is 0 Å². The molecule has 1 fully saturated rings. The Morgan fingerprint density at radius 3 is 2.39 bits per heavy atom. The van der Waals surface area contributed by atoms with Gasteiger partial charge in [-0.25, -0.2) is 0 Å². The molecule has 2 unspecified atom stereocenters. The highest BCUT2D eigenvalue weighted by Crippen LogP contribution is 2.34. The van der Waals surface area contributed by atoms with Crippen LogP contribution in [0.4, 0.5) is 0 Å². The fourth-order valence-electron chi connectivity index (χ4n) is 3.54. The minimum atomic E-state index is -0.0425. The lowest BCUT2D eigenvalue weighted by Crippen LogP contribution is -2.51. The van der Waals surface area contributed by atoms with Crippen molar-refractivity contribution in [3.63, 3.8) is 0 Å². The summed E-state index contributed by atoms with van der Waals surface area (Å²) in [4.78, 5) is 2.54. The van der Waals surface area contributed by atoms with E-state index in [0.29, 0.717) is 18.1 Å². The summed E-state index contributed by atoms with van der Waals surface area (Å²) in [7, 11) is 2.26. The first-order valence-corrected chi connectivity index (χ1v) is 7.58. The Kier molecular flexibility index (Phi) is 6.09. The molecule has 0 amide bonds. The quantitative estimate of drug-likeness (QED) is 0.734. The normalized spacial score (nSPS) is 28.8. The summed E-state index contributed by atoms with van der Waals surface area (Å²) in [5.41, 5.74) is -0.0425. The Morgan fingerprint density at radius 1 is 1.33 bits per heavy atom. The predicted molar refractivity (Wildman–Crippen MR) is 77.9 cm³/mol. The van der Waals surface area contributed by atoms with Gasteiger partial charge in [0.1, 0.15) is 0 Å². The van der Waals surface area contributed by atoms with Gasteiger partial charge in [-0.2, -0.15) is 0 Å². The van der Waals surface area contributed by atoms with E-state index in [-0.39, 0.29) is 12.1 Å². The smallest absolute Gasteiger partial charge is 0.0614 e. The van der Waals surface area contributed by atoms with Crippen molar-refractivity contribution in [2.75, 3.05) is 13.7 Å². The second-order valence-corrected chi connectivity index (χ2v) is 6.27. The number of aliphatic hydroxyl groups is 1. The van der Waals surface area contributed by atoms with E-state index in [1.807, 2.05) is 0 Å². The summed E-state index contributed by atoms with van der Waals surface area (Å²) < 4.78 is 0. The highest BCUT2D eigenvalue weighted by Gasteiger charge is 2.41. The van der Waals surface area contributed by atoms with Crippen molar-refractivity contribution >= 4 is 0 Å². The summed E-state index contributed by atoms with van der Waals surface area (Å²) in [6, 6.07) is 1.74. The number of nitrogens with zero attached hydrogens (tertiary/aromatic N) is 1. The van der Waals surface area contributed by atoms with Gasteiger partial charge in [0.15, 0.2) is 0 Å². The molecule has 0 heterocycles. The minimum Gasteiger partial charge on any atom is -0.394 e. The number of rotatable bonds is 7. The van der Waals surface area contributed by atoms with E-state index in [2.05, 4.69) is 45.0 Å². The zero-order valence-corrected chi connectivity index (χ0v) is 12.9. The maximum Gasteiger partial charge on any atom is 0.0614 e. The van der Waals surface area contributed by atoms with Crippen molar-refractivity contribution in [2.24, 2.45) is 0 Å². The Labute approximate surface area is 113 Å². The van der Waals surface area contributed by atoms with Gasteiger partial charge in [-0.1, -0.05) is 27.7 Å². The van der Waals surface area contributed by atoms with Gasteiger partial charge in [0.25, 0.3) is 0 Å². The van der Waals surface area contributed by atoms with E-state index < -0.39 is 0 Å². The van der Waals surface area contributed by atoms with E-state index in [4.69, 9.17) is 0 Å². The minimum absolute atomic E-state index is 0.0425. The average Bonchev–Trinajstić information content (AvgIpc) is 2.74. The van der Waals surface area contributed by atoms with E-state index in [9.17, 15) is 5.11 Å². The molecule has 0 aromatic rings. The molecule has 3 heteroatoms. The lowest BCUT2D eigenvalue weighted by Gasteiger charge is -2.35. The molecule has 0 bridgehead atoms. The SMILES string of the molecule is CCC(CC)N(C)C1CCC(CO)(NC(C)C)C1. The molecule has 0 radical (unpaired) electrons. The first kappa shape index (κ1) is 15.9. The van der Waals surface area contributed by atoms with Crippen LogP contribution in [-0.2, 0) is 0 Å². The summed E-state index contributed by atoms with van der Waals surface area (Å²) >= 11 is 0. The third kappa shape index (κ3) is 3.69. The molecule has 1 saturated carbocycles. The first-order chi connectivity index (χ1) is 8.48. The first-order valence-electron chi connectivity index (χ1n) is 7.58. The lowest BCUT2D eigenvalue weighted by atomic mass is 9.96. The fourth-order valence-corrected chi connectivity index (χ4v) is 3.54. The third-order valence-electron chi connectivity index (χ3n) is 4.57. The van der Waals surface area contributed by atoms with Crippen LogP contribution in [0.25, 0.3) is 0 Å². The largest absolute Gasteiger partial charge is 0.394 e. The van der Waals surface area contributed by atoms with Crippen molar-refractivity contribution in [1.29, 1.82) is 0 Å². The Balaban J connectivity index is 2.63. The molecule has 2 N–H and O–H groups in total.